The summed E-state index contributed by atoms with van der Waals surface area (Å²) >= 11 is 0. The van der Waals surface area contributed by atoms with Gasteiger partial charge in [-0.15, -0.1) is 0 Å². The largest absolute Gasteiger partial charge is 0.343 e. The lowest BCUT2D eigenvalue weighted by Crippen LogP contribution is -2.58. The SMILES string of the molecule is CC(=O)N1CC[C@H](N[C@H](C)C(=O)NC2(C#N)CCCCC2)[C@H](C)C1. The van der Waals surface area contributed by atoms with Crippen molar-refractivity contribution in [3.05, 3.63) is 0 Å². The average Bonchev–Trinajstić information content (AvgIpc) is 2.57. The normalized spacial score (nSPS) is 27.8. The van der Waals surface area contributed by atoms with Gasteiger partial charge < -0.3 is 15.5 Å². The minimum Gasteiger partial charge on any atom is -0.343 e. The molecule has 1 saturated carbocycles. The number of likely N-dealkylation sites (tertiary alicyclic amines) is 1. The van der Waals surface area contributed by atoms with Crippen molar-refractivity contribution < 1.29 is 9.59 Å². The topological polar surface area (TPSA) is 85.2 Å². The van der Waals surface area contributed by atoms with Gasteiger partial charge in [0.1, 0.15) is 5.54 Å². The quantitative estimate of drug-likeness (QED) is 0.817. The molecule has 0 bridgehead atoms. The summed E-state index contributed by atoms with van der Waals surface area (Å²) in [6.45, 7) is 7.02. The van der Waals surface area contributed by atoms with Gasteiger partial charge in [0, 0.05) is 26.1 Å². The van der Waals surface area contributed by atoms with Crippen LogP contribution < -0.4 is 10.6 Å². The Labute approximate surface area is 145 Å². The van der Waals surface area contributed by atoms with Gasteiger partial charge in [-0.1, -0.05) is 26.2 Å². The van der Waals surface area contributed by atoms with Crippen LogP contribution in [0.25, 0.3) is 0 Å². The van der Waals surface area contributed by atoms with Crippen LogP contribution in [0.5, 0.6) is 0 Å². The number of nitrogens with one attached hydrogen (secondary N) is 2. The summed E-state index contributed by atoms with van der Waals surface area (Å²) in [6.07, 6.45) is 5.47. The van der Waals surface area contributed by atoms with E-state index < -0.39 is 5.54 Å². The molecule has 2 aliphatic rings. The molecular weight excluding hydrogens is 304 g/mol. The lowest BCUT2D eigenvalue weighted by Gasteiger charge is -2.38. The Bertz CT molecular complexity index is 508. The molecule has 2 fully saturated rings. The molecule has 6 nitrogen and oxygen atoms in total. The maximum atomic E-state index is 12.5. The second-order valence-corrected chi connectivity index (χ2v) is 7.47. The van der Waals surface area contributed by atoms with Crippen molar-refractivity contribution in [2.75, 3.05) is 13.1 Å². The van der Waals surface area contributed by atoms with Crippen molar-refractivity contribution in [2.45, 2.75) is 76.9 Å². The zero-order valence-corrected chi connectivity index (χ0v) is 15.1. The Kier molecular flexibility index (Phi) is 6.22. The van der Waals surface area contributed by atoms with Crippen LogP contribution in [-0.4, -0.2) is 47.4 Å². The fourth-order valence-electron chi connectivity index (χ4n) is 3.84. The highest BCUT2D eigenvalue weighted by Gasteiger charge is 2.36. The van der Waals surface area contributed by atoms with Gasteiger partial charge in [-0.3, -0.25) is 9.59 Å². The molecule has 2 amide bonds. The van der Waals surface area contributed by atoms with E-state index in [0.717, 1.165) is 51.6 Å². The van der Waals surface area contributed by atoms with Gasteiger partial charge in [0.25, 0.3) is 0 Å². The van der Waals surface area contributed by atoms with E-state index in [1.807, 2.05) is 11.8 Å². The lowest BCUT2D eigenvalue weighted by atomic mass is 9.82. The molecule has 0 aromatic carbocycles. The molecule has 0 radical (unpaired) electrons. The fraction of sp³-hybridized carbons (Fsp3) is 0.833. The lowest BCUT2D eigenvalue weighted by molar-refractivity contribution is -0.131. The molecule has 1 aliphatic heterocycles. The van der Waals surface area contributed by atoms with E-state index in [4.69, 9.17) is 0 Å². The van der Waals surface area contributed by atoms with Crippen LogP contribution in [0.3, 0.4) is 0 Å². The molecule has 0 aromatic heterocycles. The van der Waals surface area contributed by atoms with Crippen LogP contribution in [0.2, 0.25) is 0 Å². The fourth-order valence-corrected chi connectivity index (χ4v) is 3.84. The number of rotatable bonds is 4. The predicted molar refractivity (Wildman–Crippen MR) is 92.0 cm³/mol. The Balaban J connectivity index is 1.87. The highest BCUT2D eigenvalue weighted by molar-refractivity contribution is 5.82. The summed E-state index contributed by atoms with van der Waals surface area (Å²) in [7, 11) is 0. The molecule has 3 atom stereocenters. The molecule has 24 heavy (non-hydrogen) atoms. The molecule has 1 saturated heterocycles. The summed E-state index contributed by atoms with van der Waals surface area (Å²) in [5.74, 6) is 0.316. The number of carbonyl (C=O) groups excluding carboxylic acids is 2. The van der Waals surface area contributed by atoms with E-state index in [2.05, 4.69) is 23.6 Å². The molecule has 1 aliphatic carbocycles. The standard InChI is InChI=1S/C18H30N4O2/c1-13-11-22(15(3)23)10-7-16(13)20-14(2)17(24)21-18(12-19)8-5-4-6-9-18/h13-14,16,20H,4-11H2,1-3H3,(H,21,24)/t13-,14-,16+/m1/s1. The number of hydrogen-bond donors (Lipinski definition) is 2. The average molecular weight is 334 g/mol. The zero-order chi connectivity index (χ0) is 17.7. The highest BCUT2D eigenvalue weighted by Crippen LogP contribution is 2.27. The van der Waals surface area contributed by atoms with E-state index in [0.29, 0.717) is 5.92 Å². The summed E-state index contributed by atoms with van der Waals surface area (Å²) in [5, 5.41) is 15.9. The van der Waals surface area contributed by atoms with Crippen molar-refractivity contribution in [1.29, 1.82) is 5.26 Å². The number of carbonyl (C=O) groups is 2. The first-order chi connectivity index (χ1) is 11.4. The number of nitrogens with zero attached hydrogens (tertiary/aromatic N) is 2. The Hall–Kier alpha value is -1.61. The van der Waals surface area contributed by atoms with Gasteiger partial charge in [-0.05, 0) is 32.1 Å². The van der Waals surface area contributed by atoms with Gasteiger partial charge in [-0.25, -0.2) is 0 Å². The molecule has 2 N–H and O–H groups in total. The maximum Gasteiger partial charge on any atom is 0.238 e. The number of amides is 2. The second kappa shape index (κ2) is 7.98. The first-order valence-corrected chi connectivity index (χ1v) is 9.12. The van der Waals surface area contributed by atoms with Crippen LogP contribution in [0.1, 0.15) is 59.3 Å². The Morgan fingerprint density at radius 2 is 1.96 bits per heavy atom. The first kappa shape index (κ1) is 18.7. The van der Waals surface area contributed by atoms with Gasteiger partial charge in [0.15, 0.2) is 0 Å². The van der Waals surface area contributed by atoms with Crippen LogP contribution in [-0.2, 0) is 9.59 Å². The van der Waals surface area contributed by atoms with Gasteiger partial charge in [0.2, 0.25) is 11.8 Å². The van der Waals surface area contributed by atoms with Crippen molar-refractivity contribution in [1.82, 2.24) is 15.5 Å². The molecular formula is C18H30N4O2. The van der Waals surface area contributed by atoms with Crippen molar-refractivity contribution in [2.24, 2.45) is 5.92 Å². The van der Waals surface area contributed by atoms with Crippen LogP contribution in [0.4, 0.5) is 0 Å². The van der Waals surface area contributed by atoms with Crippen molar-refractivity contribution in [3.63, 3.8) is 0 Å². The van der Waals surface area contributed by atoms with Gasteiger partial charge in [-0.2, -0.15) is 5.26 Å². The molecule has 2 rings (SSSR count). The van der Waals surface area contributed by atoms with E-state index >= 15 is 0 Å². The minimum absolute atomic E-state index is 0.0975. The first-order valence-electron chi connectivity index (χ1n) is 9.12. The van der Waals surface area contributed by atoms with Gasteiger partial charge in [0.05, 0.1) is 12.1 Å². The summed E-state index contributed by atoms with van der Waals surface area (Å²) < 4.78 is 0. The second-order valence-electron chi connectivity index (χ2n) is 7.47. The van der Waals surface area contributed by atoms with Crippen molar-refractivity contribution in [3.8, 4) is 6.07 Å². The summed E-state index contributed by atoms with van der Waals surface area (Å²) in [6, 6.07) is 2.20. The monoisotopic (exact) mass is 334 g/mol. The zero-order valence-electron chi connectivity index (χ0n) is 15.1. The highest BCUT2D eigenvalue weighted by atomic mass is 16.2. The predicted octanol–water partition coefficient (Wildman–Crippen LogP) is 1.56. The Morgan fingerprint density at radius 3 is 2.50 bits per heavy atom. The van der Waals surface area contributed by atoms with Crippen LogP contribution in [0, 0.1) is 17.2 Å². The van der Waals surface area contributed by atoms with E-state index in [9.17, 15) is 14.9 Å². The van der Waals surface area contributed by atoms with E-state index in [-0.39, 0.29) is 23.9 Å². The maximum absolute atomic E-state index is 12.5. The van der Waals surface area contributed by atoms with E-state index in [1.54, 1.807) is 6.92 Å². The molecule has 1 heterocycles. The van der Waals surface area contributed by atoms with Crippen LogP contribution in [0.15, 0.2) is 0 Å². The molecule has 0 aromatic rings. The number of hydrogen-bond acceptors (Lipinski definition) is 4. The van der Waals surface area contributed by atoms with Crippen molar-refractivity contribution >= 4 is 11.8 Å². The molecule has 6 heteroatoms. The third kappa shape index (κ3) is 4.47. The summed E-state index contributed by atoms with van der Waals surface area (Å²) in [4.78, 5) is 25.9. The number of piperidine rings is 1. The van der Waals surface area contributed by atoms with Gasteiger partial charge >= 0.3 is 0 Å². The Morgan fingerprint density at radius 1 is 1.29 bits per heavy atom. The van der Waals surface area contributed by atoms with Crippen LogP contribution >= 0.6 is 0 Å². The third-order valence-corrected chi connectivity index (χ3v) is 5.49. The molecule has 0 unspecified atom stereocenters. The smallest absolute Gasteiger partial charge is 0.238 e. The third-order valence-electron chi connectivity index (χ3n) is 5.49. The van der Waals surface area contributed by atoms with E-state index in [1.165, 1.54) is 0 Å². The minimum atomic E-state index is -0.686. The molecule has 134 valence electrons. The molecule has 0 spiro atoms. The number of nitriles is 1. The summed E-state index contributed by atoms with van der Waals surface area (Å²) in [5.41, 5.74) is -0.686.